The quantitative estimate of drug-likeness (QED) is 0.854. The fourth-order valence-corrected chi connectivity index (χ4v) is 3.47. The van der Waals surface area contributed by atoms with Crippen LogP contribution in [0.3, 0.4) is 0 Å². The summed E-state index contributed by atoms with van der Waals surface area (Å²) in [5.41, 5.74) is 0.584. The molecule has 0 bridgehead atoms. The Balaban J connectivity index is 2.01. The van der Waals surface area contributed by atoms with Crippen molar-refractivity contribution in [2.24, 2.45) is 0 Å². The van der Waals surface area contributed by atoms with Crippen molar-refractivity contribution in [1.82, 2.24) is 4.72 Å². The summed E-state index contributed by atoms with van der Waals surface area (Å²) < 4.78 is 26.6. The third kappa shape index (κ3) is 3.87. The van der Waals surface area contributed by atoms with Crippen molar-refractivity contribution in [2.75, 3.05) is 6.54 Å². The number of sulfonamides is 1. The van der Waals surface area contributed by atoms with Gasteiger partial charge in [-0.2, -0.15) is 0 Å². The molecule has 0 aliphatic rings. The maximum Gasteiger partial charge on any atom is 0.240 e. The summed E-state index contributed by atoms with van der Waals surface area (Å²) in [4.78, 5) is 1.33. The Morgan fingerprint density at radius 1 is 1.21 bits per heavy atom. The number of hydrogen-bond donors (Lipinski definition) is 2. The minimum atomic E-state index is -3.50. The molecule has 1 aromatic carbocycles. The lowest BCUT2D eigenvalue weighted by atomic mass is 10.2. The highest BCUT2D eigenvalue weighted by atomic mass is 32.2. The molecule has 0 unspecified atom stereocenters. The summed E-state index contributed by atoms with van der Waals surface area (Å²) in [6.45, 7) is 0.199. The van der Waals surface area contributed by atoms with Crippen molar-refractivity contribution in [3.05, 3.63) is 52.2 Å². The predicted octanol–water partition coefficient (Wildman–Crippen LogP) is 1.76. The Kier molecular flexibility index (Phi) is 4.71. The van der Waals surface area contributed by atoms with Gasteiger partial charge in [-0.25, -0.2) is 13.1 Å². The number of nitrogens with one attached hydrogen (secondary N) is 1. The normalized spacial score (nSPS) is 11.6. The molecule has 0 saturated heterocycles. The molecule has 0 fully saturated rings. The van der Waals surface area contributed by atoms with Gasteiger partial charge in [0.05, 0.1) is 11.5 Å². The van der Waals surface area contributed by atoms with Crippen LogP contribution in [0.4, 0.5) is 0 Å². The summed E-state index contributed by atoms with van der Waals surface area (Å²) in [5.74, 6) is 0. The Morgan fingerprint density at radius 3 is 2.74 bits per heavy atom. The molecule has 0 amide bonds. The highest BCUT2D eigenvalue weighted by Gasteiger charge is 2.13. The average molecular weight is 297 g/mol. The van der Waals surface area contributed by atoms with Gasteiger partial charge >= 0.3 is 0 Å². The number of hydrogen-bond acceptors (Lipinski definition) is 4. The zero-order valence-electron chi connectivity index (χ0n) is 10.2. The van der Waals surface area contributed by atoms with Crippen LogP contribution in [0.2, 0.25) is 0 Å². The molecule has 0 atom stereocenters. The van der Waals surface area contributed by atoms with E-state index in [9.17, 15) is 8.42 Å². The number of aliphatic hydroxyl groups is 1. The molecule has 6 heteroatoms. The Bertz CT molecular complexity index is 621. The van der Waals surface area contributed by atoms with Crippen LogP contribution in [0.5, 0.6) is 0 Å². The molecule has 1 heterocycles. The summed E-state index contributed by atoms with van der Waals surface area (Å²) in [7, 11) is -3.50. The van der Waals surface area contributed by atoms with Gasteiger partial charge in [0.15, 0.2) is 0 Å². The van der Waals surface area contributed by atoms with Gasteiger partial charge in [0, 0.05) is 11.4 Å². The minimum Gasteiger partial charge on any atom is -0.392 e. The van der Waals surface area contributed by atoms with E-state index in [1.165, 1.54) is 12.1 Å². The van der Waals surface area contributed by atoms with Crippen LogP contribution in [0.15, 0.2) is 46.7 Å². The zero-order valence-corrected chi connectivity index (χ0v) is 11.9. The number of benzene rings is 1. The first-order valence-corrected chi connectivity index (χ1v) is 8.20. The van der Waals surface area contributed by atoms with Gasteiger partial charge in [-0.3, -0.25) is 0 Å². The summed E-state index contributed by atoms with van der Waals surface area (Å²) in [6.07, 6.45) is 0.677. The Morgan fingerprint density at radius 2 is 2.05 bits per heavy atom. The van der Waals surface area contributed by atoms with Crippen LogP contribution in [0.25, 0.3) is 0 Å². The van der Waals surface area contributed by atoms with E-state index in [1.54, 1.807) is 23.5 Å². The van der Waals surface area contributed by atoms with Crippen molar-refractivity contribution in [1.29, 1.82) is 0 Å². The van der Waals surface area contributed by atoms with Gasteiger partial charge in [0.1, 0.15) is 0 Å². The van der Waals surface area contributed by atoms with Gasteiger partial charge in [-0.15, -0.1) is 11.3 Å². The maximum atomic E-state index is 12.0. The number of aliphatic hydroxyl groups excluding tert-OH is 1. The van der Waals surface area contributed by atoms with Gasteiger partial charge < -0.3 is 5.11 Å². The molecule has 0 spiro atoms. The number of thiophene rings is 1. The second kappa shape index (κ2) is 6.29. The van der Waals surface area contributed by atoms with Crippen molar-refractivity contribution in [2.45, 2.75) is 17.9 Å². The predicted molar refractivity (Wildman–Crippen MR) is 75.6 cm³/mol. The van der Waals surface area contributed by atoms with Gasteiger partial charge in [-0.1, -0.05) is 18.2 Å². The largest absolute Gasteiger partial charge is 0.392 e. The number of rotatable bonds is 6. The zero-order chi connectivity index (χ0) is 13.7. The smallest absolute Gasteiger partial charge is 0.240 e. The molecule has 4 nitrogen and oxygen atoms in total. The van der Waals surface area contributed by atoms with E-state index in [0.29, 0.717) is 18.5 Å². The summed E-state index contributed by atoms with van der Waals surface area (Å²) in [6, 6.07) is 10.2. The van der Waals surface area contributed by atoms with Crippen molar-refractivity contribution in [3.8, 4) is 0 Å². The topological polar surface area (TPSA) is 66.4 Å². The van der Waals surface area contributed by atoms with E-state index in [2.05, 4.69) is 4.72 Å². The molecule has 0 aliphatic heterocycles. The van der Waals surface area contributed by atoms with E-state index >= 15 is 0 Å². The third-order valence-electron chi connectivity index (χ3n) is 2.63. The summed E-state index contributed by atoms with van der Waals surface area (Å²) in [5, 5.41) is 11.0. The highest BCUT2D eigenvalue weighted by molar-refractivity contribution is 7.89. The van der Waals surface area contributed by atoms with E-state index in [1.807, 2.05) is 17.5 Å². The molecular weight excluding hydrogens is 282 g/mol. The summed E-state index contributed by atoms with van der Waals surface area (Å²) >= 11 is 1.61. The molecule has 0 aliphatic carbocycles. The monoisotopic (exact) mass is 297 g/mol. The molecule has 102 valence electrons. The van der Waals surface area contributed by atoms with Crippen LogP contribution in [0, 0.1) is 0 Å². The van der Waals surface area contributed by atoms with Crippen molar-refractivity contribution in [3.63, 3.8) is 0 Å². The standard InChI is InChI=1S/C13H15NO3S2/c15-10-11-3-1-5-13(9-11)19(16,17)14-7-6-12-4-2-8-18-12/h1-5,8-9,14-15H,6-7,10H2. The van der Waals surface area contributed by atoms with E-state index in [0.717, 1.165) is 4.88 Å². The van der Waals surface area contributed by atoms with Crippen LogP contribution < -0.4 is 4.72 Å². The van der Waals surface area contributed by atoms with E-state index in [4.69, 9.17) is 5.11 Å². The first-order chi connectivity index (χ1) is 9.12. The van der Waals surface area contributed by atoms with Crippen LogP contribution in [-0.2, 0) is 23.1 Å². The van der Waals surface area contributed by atoms with Gasteiger partial charge in [0.25, 0.3) is 0 Å². The average Bonchev–Trinajstić information content (AvgIpc) is 2.92. The van der Waals surface area contributed by atoms with Crippen molar-refractivity contribution < 1.29 is 13.5 Å². The second-order valence-corrected chi connectivity index (χ2v) is 6.83. The lowest BCUT2D eigenvalue weighted by Gasteiger charge is -2.07. The van der Waals surface area contributed by atoms with Crippen molar-refractivity contribution >= 4 is 21.4 Å². The highest BCUT2D eigenvalue weighted by Crippen LogP contribution is 2.12. The van der Waals surface area contributed by atoms with Crippen LogP contribution in [0.1, 0.15) is 10.4 Å². The molecule has 0 radical (unpaired) electrons. The Hall–Kier alpha value is -1.21. The molecule has 2 N–H and O–H groups in total. The molecule has 2 rings (SSSR count). The second-order valence-electron chi connectivity index (χ2n) is 4.03. The van der Waals surface area contributed by atoms with Gasteiger partial charge in [0.2, 0.25) is 10.0 Å². The van der Waals surface area contributed by atoms with Crippen LogP contribution in [-0.4, -0.2) is 20.1 Å². The maximum absolute atomic E-state index is 12.0. The molecule has 2 aromatic rings. The SMILES string of the molecule is O=S(=O)(NCCc1cccs1)c1cccc(CO)c1. The molecule has 19 heavy (non-hydrogen) atoms. The first kappa shape index (κ1) is 14.2. The van der Waals surface area contributed by atoms with E-state index < -0.39 is 10.0 Å². The minimum absolute atomic E-state index is 0.168. The fraction of sp³-hybridized carbons (Fsp3) is 0.231. The fourth-order valence-electron chi connectivity index (χ4n) is 1.66. The Labute approximate surface area is 116 Å². The lowest BCUT2D eigenvalue weighted by molar-refractivity contribution is 0.281. The first-order valence-electron chi connectivity index (χ1n) is 5.84. The molecule has 1 aromatic heterocycles. The molecular formula is C13H15NO3S2. The van der Waals surface area contributed by atoms with E-state index in [-0.39, 0.29) is 11.5 Å². The van der Waals surface area contributed by atoms with Crippen LogP contribution >= 0.6 is 11.3 Å². The lowest BCUT2D eigenvalue weighted by Crippen LogP contribution is -2.25. The van der Waals surface area contributed by atoms with Gasteiger partial charge in [-0.05, 0) is 35.6 Å². The third-order valence-corrected chi connectivity index (χ3v) is 5.03. The molecule has 0 saturated carbocycles.